The van der Waals surface area contributed by atoms with Crippen molar-refractivity contribution in [1.29, 1.82) is 0 Å². The summed E-state index contributed by atoms with van der Waals surface area (Å²) in [4.78, 5) is 46.8. The molecule has 2 aromatic carbocycles. The Hall–Kier alpha value is -4.79. The summed E-state index contributed by atoms with van der Waals surface area (Å²) in [5, 5.41) is 15.1. The highest BCUT2D eigenvalue weighted by atomic mass is 16.7. The largest absolute Gasteiger partial charge is 0.508 e. The summed E-state index contributed by atoms with van der Waals surface area (Å²) in [5.41, 5.74) is 2.94. The first-order valence-electron chi connectivity index (χ1n) is 16.5. The van der Waals surface area contributed by atoms with Crippen LogP contribution in [0.25, 0.3) is 0 Å². The van der Waals surface area contributed by atoms with E-state index in [1.807, 2.05) is 67.6 Å². The van der Waals surface area contributed by atoms with Gasteiger partial charge in [0, 0.05) is 28.0 Å². The van der Waals surface area contributed by atoms with E-state index in [4.69, 9.17) is 9.94 Å². The number of hydroxylamine groups is 1. The van der Waals surface area contributed by atoms with Crippen LogP contribution in [0.5, 0.6) is 5.75 Å². The molecule has 3 amide bonds. The average Bonchev–Trinajstić information content (AvgIpc) is 3.55. The van der Waals surface area contributed by atoms with Gasteiger partial charge in [0.1, 0.15) is 17.3 Å². The Morgan fingerprint density at radius 1 is 1.09 bits per heavy atom. The van der Waals surface area contributed by atoms with E-state index in [-0.39, 0.29) is 40.2 Å². The molecular weight excluding hydrogens is 592 g/mol. The minimum absolute atomic E-state index is 0. The fraction of sp³-hybridized carbons (Fsp3) is 0.395. The number of allylic oxidation sites excluding steroid dienone is 4. The van der Waals surface area contributed by atoms with E-state index in [1.54, 1.807) is 36.1 Å². The van der Waals surface area contributed by atoms with Crippen molar-refractivity contribution in [3.05, 3.63) is 109 Å². The van der Waals surface area contributed by atoms with Crippen LogP contribution in [0.2, 0.25) is 0 Å². The third-order valence-electron chi connectivity index (χ3n) is 8.18. The first-order chi connectivity index (χ1) is 22.7. The molecule has 1 saturated heterocycles. The van der Waals surface area contributed by atoms with E-state index in [0.717, 1.165) is 37.8 Å². The van der Waals surface area contributed by atoms with Crippen LogP contribution < -0.4 is 21.0 Å². The molecule has 0 unspecified atom stereocenters. The predicted octanol–water partition coefficient (Wildman–Crippen LogP) is 7.53. The SMILES string of the molecule is C=C(/C=C\C)/C(O)=C\C.CCCCC/C=C\[C@@H]1C[C@]1(NC(=O)[C@@H]1CCCN1C(=O)CNc1ccccc1)C(=O)NOc1ccccc1.[HH].[HH].[HH]. The van der Waals surface area contributed by atoms with Crippen molar-refractivity contribution in [3.8, 4) is 5.75 Å². The molecule has 2 aromatic rings. The lowest BCUT2D eigenvalue weighted by atomic mass is 10.1. The Bertz CT molecular complexity index is 1420. The zero-order valence-corrected chi connectivity index (χ0v) is 27.9. The summed E-state index contributed by atoms with van der Waals surface area (Å²) in [6, 6.07) is 17.9. The summed E-state index contributed by atoms with van der Waals surface area (Å²) in [7, 11) is 0. The van der Waals surface area contributed by atoms with Gasteiger partial charge in [-0.15, -0.1) is 0 Å². The molecule has 4 rings (SSSR count). The van der Waals surface area contributed by atoms with Gasteiger partial charge < -0.3 is 25.5 Å². The number of amides is 3. The predicted molar refractivity (Wildman–Crippen MR) is 194 cm³/mol. The molecule has 0 aromatic heterocycles. The number of aliphatic hydroxyl groups excluding tert-OH is 1. The van der Waals surface area contributed by atoms with E-state index >= 15 is 0 Å². The Labute approximate surface area is 283 Å². The van der Waals surface area contributed by atoms with Crippen molar-refractivity contribution in [2.45, 2.75) is 77.3 Å². The summed E-state index contributed by atoms with van der Waals surface area (Å²) in [6.45, 7) is 10.0. The van der Waals surface area contributed by atoms with Gasteiger partial charge in [0.25, 0.3) is 5.91 Å². The standard InChI is InChI=1S/C30H38N4O4.C8H12O.3H2/c1-2-3-4-5-8-14-23-21-30(23,29(37)33-38-25-17-11-7-12-18-25)32-28(36)26-19-13-20-34(26)27(35)22-31-24-15-9-6-10-16-24;1-4-6-7(3)8(9)5-2;;;/h6-12,14-18,23,26,31H,2-5,13,19-22H2,1H3,(H,32,36)(H,33,37);4-6,9H,3H2,1-2H3;3*1H/b14-8-;6-4-,8-5+;;;/t23-,26+,30-;;;;/m1..../s1. The minimum atomic E-state index is -1.09. The number of rotatable bonds is 15. The Morgan fingerprint density at radius 2 is 1.79 bits per heavy atom. The molecule has 9 heteroatoms. The van der Waals surface area contributed by atoms with E-state index in [9.17, 15) is 14.4 Å². The number of likely N-dealkylation sites (tertiary alicyclic amines) is 1. The molecule has 3 atom stereocenters. The molecule has 47 heavy (non-hydrogen) atoms. The maximum atomic E-state index is 13.5. The third-order valence-corrected chi connectivity index (χ3v) is 8.18. The van der Waals surface area contributed by atoms with Crippen molar-refractivity contribution in [3.63, 3.8) is 0 Å². The Kier molecular flexibility index (Phi) is 14.8. The molecule has 2 aliphatic rings. The molecule has 1 aliphatic carbocycles. The van der Waals surface area contributed by atoms with Gasteiger partial charge >= 0.3 is 0 Å². The highest BCUT2D eigenvalue weighted by molar-refractivity contribution is 5.97. The monoisotopic (exact) mass is 648 g/mol. The third kappa shape index (κ3) is 11.2. The minimum Gasteiger partial charge on any atom is -0.508 e. The highest BCUT2D eigenvalue weighted by Crippen LogP contribution is 2.45. The topological polar surface area (TPSA) is 120 Å². The van der Waals surface area contributed by atoms with Crippen molar-refractivity contribution < 1.29 is 28.6 Å². The summed E-state index contributed by atoms with van der Waals surface area (Å²) >= 11 is 0. The number of benzene rings is 2. The molecular formula is C38H56N4O5. The zero-order chi connectivity index (χ0) is 34.1. The van der Waals surface area contributed by atoms with E-state index in [2.05, 4.69) is 35.7 Å². The maximum Gasteiger partial charge on any atom is 0.278 e. The molecule has 0 radical (unpaired) electrons. The normalized spacial score (nSPS) is 20.3. The number of unbranched alkanes of at least 4 members (excludes halogenated alkanes) is 3. The van der Waals surface area contributed by atoms with E-state index < -0.39 is 11.6 Å². The van der Waals surface area contributed by atoms with Crippen LogP contribution in [-0.4, -0.2) is 52.4 Å². The fourth-order valence-corrected chi connectivity index (χ4v) is 5.39. The average molecular weight is 649 g/mol. The van der Waals surface area contributed by atoms with Crippen molar-refractivity contribution in [2.24, 2.45) is 5.92 Å². The van der Waals surface area contributed by atoms with Gasteiger partial charge in [-0.25, -0.2) is 0 Å². The van der Waals surface area contributed by atoms with Crippen LogP contribution in [0.1, 0.15) is 70.0 Å². The van der Waals surface area contributed by atoms with Crippen molar-refractivity contribution in [2.75, 3.05) is 18.4 Å². The fourth-order valence-electron chi connectivity index (χ4n) is 5.39. The second kappa shape index (κ2) is 19.0. The molecule has 0 spiro atoms. The highest BCUT2D eigenvalue weighted by Gasteiger charge is 2.61. The van der Waals surface area contributed by atoms with Crippen LogP contribution in [-0.2, 0) is 14.4 Å². The lowest BCUT2D eigenvalue weighted by molar-refractivity contribution is -0.140. The van der Waals surface area contributed by atoms with Gasteiger partial charge in [-0.05, 0) is 76.3 Å². The number of hydrogen-bond donors (Lipinski definition) is 4. The summed E-state index contributed by atoms with van der Waals surface area (Å²) in [5.74, 6) is -0.202. The molecule has 1 saturated carbocycles. The Balaban J connectivity index is 0.00000177. The van der Waals surface area contributed by atoms with E-state index in [0.29, 0.717) is 30.7 Å². The van der Waals surface area contributed by atoms with E-state index in [1.165, 1.54) is 0 Å². The first-order valence-corrected chi connectivity index (χ1v) is 16.5. The Morgan fingerprint density at radius 3 is 2.45 bits per heavy atom. The zero-order valence-electron chi connectivity index (χ0n) is 27.9. The van der Waals surface area contributed by atoms with Crippen LogP contribution >= 0.6 is 0 Å². The number of carbonyl (C=O) groups is 3. The smallest absolute Gasteiger partial charge is 0.278 e. The first kappa shape index (κ1) is 36.7. The van der Waals surface area contributed by atoms with Crippen molar-refractivity contribution in [1.82, 2.24) is 15.7 Å². The van der Waals surface area contributed by atoms with Crippen LogP contribution in [0.3, 0.4) is 0 Å². The number of nitrogens with zero attached hydrogens (tertiary/aromatic N) is 1. The summed E-state index contributed by atoms with van der Waals surface area (Å²) in [6.07, 6.45) is 15.5. The van der Waals surface area contributed by atoms with Gasteiger partial charge in [-0.3, -0.25) is 14.4 Å². The van der Waals surface area contributed by atoms with Gasteiger partial charge in [0.15, 0.2) is 5.75 Å². The number of para-hydroxylation sites is 2. The lowest BCUT2D eigenvalue weighted by Crippen LogP contribution is -2.56. The lowest BCUT2D eigenvalue weighted by Gasteiger charge is -2.27. The van der Waals surface area contributed by atoms with Crippen LogP contribution in [0, 0.1) is 5.92 Å². The van der Waals surface area contributed by atoms with Gasteiger partial charge in [0.2, 0.25) is 11.8 Å². The number of nitrogens with one attached hydrogen (secondary N) is 3. The number of aliphatic hydroxyl groups is 1. The molecule has 0 bridgehead atoms. The second-order valence-electron chi connectivity index (χ2n) is 11.7. The number of hydrogen-bond acceptors (Lipinski definition) is 6. The second-order valence-corrected chi connectivity index (χ2v) is 11.7. The molecule has 9 nitrogen and oxygen atoms in total. The molecule has 4 N–H and O–H groups in total. The quantitative estimate of drug-likeness (QED) is 0.0521. The van der Waals surface area contributed by atoms with Gasteiger partial charge in [0.05, 0.1) is 6.54 Å². The van der Waals surface area contributed by atoms with Gasteiger partial charge in [-0.1, -0.05) is 87.0 Å². The van der Waals surface area contributed by atoms with Crippen LogP contribution in [0.15, 0.2) is 109 Å². The molecule has 1 heterocycles. The van der Waals surface area contributed by atoms with Gasteiger partial charge in [-0.2, -0.15) is 5.48 Å². The van der Waals surface area contributed by atoms with Crippen LogP contribution in [0.4, 0.5) is 5.69 Å². The maximum absolute atomic E-state index is 13.5. The van der Waals surface area contributed by atoms with Crippen molar-refractivity contribution >= 4 is 23.4 Å². The summed E-state index contributed by atoms with van der Waals surface area (Å²) < 4.78 is 0. The number of carbonyl (C=O) groups excluding carboxylic acids is 3. The molecule has 258 valence electrons. The molecule has 1 aliphatic heterocycles. The number of anilines is 1. The molecule has 2 fully saturated rings.